The lowest BCUT2D eigenvalue weighted by molar-refractivity contribution is -0.125. The molecule has 1 amide bonds. The molecule has 0 saturated carbocycles. The number of rotatable bonds is 7. The van der Waals surface area contributed by atoms with Crippen LogP contribution in [0.5, 0.6) is 17.2 Å². The van der Waals surface area contributed by atoms with E-state index in [0.717, 1.165) is 0 Å². The summed E-state index contributed by atoms with van der Waals surface area (Å²) in [4.78, 5) is 11.7. The Labute approximate surface area is 141 Å². The standard InChI is InChI=1S/C15H22N2O5.ClH/c1-9(10(2)16)15(19)17-6-11(18)7-20-12-3-4-13-14(5-12)22-8-21-13;/h3-5,9-11,18H,6-8,16H2,1-2H3,(H,17,19);1H. The van der Waals surface area contributed by atoms with Crippen molar-refractivity contribution in [2.24, 2.45) is 11.7 Å². The van der Waals surface area contributed by atoms with Gasteiger partial charge in [0.25, 0.3) is 0 Å². The second-order valence-corrected chi connectivity index (χ2v) is 5.37. The minimum absolute atomic E-state index is 0. The van der Waals surface area contributed by atoms with Crippen LogP contribution in [0, 0.1) is 5.92 Å². The maximum absolute atomic E-state index is 11.7. The van der Waals surface area contributed by atoms with Crippen molar-refractivity contribution in [2.45, 2.75) is 26.0 Å². The zero-order valence-corrected chi connectivity index (χ0v) is 14.0. The number of aliphatic hydroxyl groups is 1. The molecule has 1 aliphatic heterocycles. The van der Waals surface area contributed by atoms with E-state index in [2.05, 4.69) is 5.32 Å². The molecule has 4 N–H and O–H groups in total. The van der Waals surface area contributed by atoms with Gasteiger partial charge >= 0.3 is 0 Å². The van der Waals surface area contributed by atoms with Gasteiger partial charge in [-0.25, -0.2) is 0 Å². The monoisotopic (exact) mass is 346 g/mol. The van der Waals surface area contributed by atoms with Gasteiger partial charge in [0.1, 0.15) is 18.5 Å². The van der Waals surface area contributed by atoms with E-state index >= 15 is 0 Å². The summed E-state index contributed by atoms with van der Waals surface area (Å²) in [5.74, 6) is 1.37. The fourth-order valence-corrected chi connectivity index (χ4v) is 1.84. The van der Waals surface area contributed by atoms with Gasteiger partial charge in [-0.2, -0.15) is 0 Å². The van der Waals surface area contributed by atoms with Crippen LogP contribution in [-0.4, -0.2) is 43.1 Å². The van der Waals surface area contributed by atoms with Gasteiger partial charge in [0.15, 0.2) is 11.5 Å². The molecule has 0 fully saturated rings. The third kappa shape index (κ3) is 5.46. The number of carbonyl (C=O) groups is 1. The van der Waals surface area contributed by atoms with Gasteiger partial charge in [0.2, 0.25) is 12.7 Å². The largest absolute Gasteiger partial charge is 0.491 e. The molecule has 0 spiro atoms. The van der Waals surface area contributed by atoms with Crippen LogP contribution in [0.25, 0.3) is 0 Å². The number of ether oxygens (including phenoxy) is 3. The lowest BCUT2D eigenvalue weighted by Gasteiger charge is -2.17. The molecule has 7 nitrogen and oxygen atoms in total. The van der Waals surface area contributed by atoms with Crippen LogP contribution in [0.15, 0.2) is 18.2 Å². The number of nitrogens with one attached hydrogen (secondary N) is 1. The number of amides is 1. The first-order valence-corrected chi connectivity index (χ1v) is 7.21. The smallest absolute Gasteiger partial charge is 0.231 e. The Bertz CT molecular complexity index is 527. The van der Waals surface area contributed by atoms with Gasteiger partial charge in [-0.05, 0) is 19.1 Å². The zero-order valence-electron chi connectivity index (χ0n) is 13.2. The molecule has 0 saturated heterocycles. The summed E-state index contributed by atoms with van der Waals surface area (Å²) in [5.41, 5.74) is 5.65. The Morgan fingerprint density at radius 2 is 2.09 bits per heavy atom. The van der Waals surface area contributed by atoms with E-state index in [-0.39, 0.29) is 50.2 Å². The van der Waals surface area contributed by atoms with E-state index in [0.29, 0.717) is 17.2 Å². The molecule has 0 aromatic heterocycles. The summed E-state index contributed by atoms with van der Waals surface area (Å²) in [6.45, 7) is 3.89. The van der Waals surface area contributed by atoms with Crippen LogP contribution in [0.3, 0.4) is 0 Å². The Morgan fingerprint density at radius 3 is 2.78 bits per heavy atom. The van der Waals surface area contributed by atoms with Gasteiger partial charge in [-0.3, -0.25) is 4.79 Å². The third-order valence-electron chi connectivity index (χ3n) is 3.50. The van der Waals surface area contributed by atoms with E-state index in [1.807, 2.05) is 0 Å². The summed E-state index contributed by atoms with van der Waals surface area (Å²) in [7, 11) is 0. The highest BCUT2D eigenvalue weighted by molar-refractivity contribution is 5.85. The molecule has 130 valence electrons. The molecule has 0 radical (unpaired) electrons. The SMILES string of the molecule is CC(N)C(C)C(=O)NCC(O)COc1ccc2c(c1)OCO2.Cl. The predicted octanol–water partition coefficient (Wildman–Crippen LogP) is 0.676. The molecule has 3 atom stereocenters. The van der Waals surface area contributed by atoms with Crippen LogP contribution < -0.4 is 25.3 Å². The maximum atomic E-state index is 11.7. The van der Waals surface area contributed by atoms with Crippen molar-refractivity contribution in [1.29, 1.82) is 0 Å². The second-order valence-electron chi connectivity index (χ2n) is 5.37. The molecule has 1 aliphatic rings. The Balaban J connectivity index is 0.00000264. The van der Waals surface area contributed by atoms with Crippen LogP contribution in [0.4, 0.5) is 0 Å². The van der Waals surface area contributed by atoms with Crippen molar-refractivity contribution in [3.63, 3.8) is 0 Å². The van der Waals surface area contributed by atoms with Crippen LogP contribution in [-0.2, 0) is 4.79 Å². The summed E-state index contributed by atoms with van der Waals surface area (Å²) < 4.78 is 15.9. The lowest BCUT2D eigenvalue weighted by atomic mass is 10.0. The number of fused-ring (bicyclic) bond motifs is 1. The van der Waals surface area contributed by atoms with Gasteiger partial charge in [0.05, 0.1) is 0 Å². The molecule has 23 heavy (non-hydrogen) atoms. The number of carbonyl (C=O) groups excluding carboxylic acids is 1. The van der Waals surface area contributed by atoms with E-state index in [1.54, 1.807) is 32.0 Å². The minimum atomic E-state index is -0.811. The van der Waals surface area contributed by atoms with Gasteiger partial charge in [0, 0.05) is 24.6 Å². The molecule has 0 aliphatic carbocycles. The summed E-state index contributed by atoms with van der Waals surface area (Å²) in [6.07, 6.45) is -0.811. The van der Waals surface area contributed by atoms with Crippen molar-refractivity contribution in [3.8, 4) is 17.2 Å². The minimum Gasteiger partial charge on any atom is -0.491 e. The first kappa shape index (κ1) is 19.3. The van der Waals surface area contributed by atoms with Crippen LogP contribution in [0.2, 0.25) is 0 Å². The highest BCUT2D eigenvalue weighted by Gasteiger charge is 2.18. The van der Waals surface area contributed by atoms with Gasteiger partial charge in [-0.1, -0.05) is 6.92 Å². The van der Waals surface area contributed by atoms with Gasteiger partial charge < -0.3 is 30.4 Å². The molecule has 8 heteroatoms. The van der Waals surface area contributed by atoms with Crippen LogP contribution in [0.1, 0.15) is 13.8 Å². The molecule has 1 heterocycles. The zero-order chi connectivity index (χ0) is 16.1. The maximum Gasteiger partial charge on any atom is 0.231 e. The van der Waals surface area contributed by atoms with Crippen LogP contribution >= 0.6 is 12.4 Å². The average Bonchev–Trinajstić information content (AvgIpc) is 2.97. The number of hydrogen-bond acceptors (Lipinski definition) is 6. The van der Waals surface area contributed by atoms with Crippen molar-refractivity contribution < 1.29 is 24.1 Å². The molecule has 3 unspecified atom stereocenters. The van der Waals surface area contributed by atoms with Gasteiger partial charge in [-0.15, -0.1) is 12.4 Å². The topological polar surface area (TPSA) is 103 Å². The third-order valence-corrected chi connectivity index (χ3v) is 3.50. The Morgan fingerprint density at radius 1 is 1.39 bits per heavy atom. The molecular formula is C15H23ClN2O5. The van der Waals surface area contributed by atoms with Crippen molar-refractivity contribution in [2.75, 3.05) is 19.9 Å². The molecule has 1 aromatic carbocycles. The number of hydrogen-bond donors (Lipinski definition) is 3. The number of nitrogens with two attached hydrogens (primary N) is 1. The number of halogens is 1. The lowest BCUT2D eigenvalue weighted by Crippen LogP contribution is -2.42. The Hall–Kier alpha value is -1.70. The van der Waals surface area contributed by atoms with E-state index in [4.69, 9.17) is 19.9 Å². The quantitative estimate of drug-likeness (QED) is 0.670. The first-order valence-electron chi connectivity index (χ1n) is 7.21. The van der Waals surface area contributed by atoms with Crippen molar-refractivity contribution >= 4 is 18.3 Å². The second kappa shape index (κ2) is 8.81. The predicted molar refractivity (Wildman–Crippen MR) is 87.1 cm³/mol. The molecule has 0 bridgehead atoms. The summed E-state index contributed by atoms with van der Waals surface area (Å²) >= 11 is 0. The number of benzene rings is 1. The number of aliphatic hydroxyl groups excluding tert-OH is 1. The van der Waals surface area contributed by atoms with E-state index in [9.17, 15) is 9.90 Å². The van der Waals surface area contributed by atoms with E-state index < -0.39 is 6.10 Å². The Kier molecular flexibility index (Phi) is 7.41. The summed E-state index contributed by atoms with van der Waals surface area (Å²) in [6, 6.07) is 4.95. The molecule has 2 rings (SSSR count). The average molecular weight is 347 g/mol. The summed E-state index contributed by atoms with van der Waals surface area (Å²) in [5, 5.41) is 12.5. The highest BCUT2D eigenvalue weighted by Crippen LogP contribution is 2.35. The normalized spacial score (nSPS) is 16.0. The molecular weight excluding hydrogens is 324 g/mol. The molecule has 1 aromatic rings. The van der Waals surface area contributed by atoms with Crippen molar-refractivity contribution in [3.05, 3.63) is 18.2 Å². The first-order chi connectivity index (χ1) is 10.5. The fourth-order valence-electron chi connectivity index (χ4n) is 1.84. The van der Waals surface area contributed by atoms with E-state index in [1.165, 1.54) is 0 Å². The fraction of sp³-hybridized carbons (Fsp3) is 0.533. The van der Waals surface area contributed by atoms with Crippen molar-refractivity contribution in [1.82, 2.24) is 5.32 Å². The highest BCUT2D eigenvalue weighted by atomic mass is 35.5.